The van der Waals surface area contributed by atoms with Crippen LogP contribution in [0.4, 0.5) is 4.79 Å². The SMILES string of the molecule is CCNC(=NCCc1cnn(C)c1)N1CCC(N(CC2CC2)C(=O)OC(C)(C)C)CC1. The van der Waals surface area contributed by atoms with Crippen molar-refractivity contribution in [2.75, 3.05) is 32.7 Å². The van der Waals surface area contributed by atoms with Crippen LogP contribution in [0.1, 0.15) is 58.9 Å². The van der Waals surface area contributed by atoms with E-state index in [1.165, 1.54) is 18.4 Å². The van der Waals surface area contributed by atoms with Gasteiger partial charge in [0.05, 0.1) is 6.20 Å². The highest BCUT2D eigenvalue weighted by atomic mass is 16.6. The average Bonchev–Trinajstić information content (AvgIpc) is 3.44. The van der Waals surface area contributed by atoms with E-state index in [1.54, 1.807) is 0 Å². The minimum absolute atomic E-state index is 0.158. The molecule has 2 heterocycles. The molecule has 174 valence electrons. The summed E-state index contributed by atoms with van der Waals surface area (Å²) in [6.07, 6.45) is 9.01. The van der Waals surface area contributed by atoms with E-state index in [-0.39, 0.29) is 12.1 Å². The number of guanidine groups is 1. The van der Waals surface area contributed by atoms with E-state index >= 15 is 0 Å². The molecule has 0 bridgehead atoms. The van der Waals surface area contributed by atoms with Crippen LogP contribution in [-0.2, 0) is 18.2 Å². The summed E-state index contributed by atoms with van der Waals surface area (Å²) in [5, 5.41) is 7.66. The molecule has 3 rings (SSSR count). The predicted molar refractivity (Wildman–Crippen MR) is 123 cm³/mol. The lowest BCUT2D eigenvalue weighted by Crippen LogP contribution is -2.52. The van der Waals surface area contributed by atoms with Gasteiger partial charge in [-0.25, -0.2) is 4.79 Å². The number of rotatable bonds is 7. The number of hydrogen-bond donors (Lipinski definition) is 1. The van der Waals surface area contributed by atoms with Crippen molar-refractivity contribution in [1.29, 1.82) is 0 Å². The largest absolute Gasteiger partial charge is 0.444 e. The summed E-state index contributed by atoms with van der Waals surface area (Å²) in [5.41, 5.74) is 0.743. The molecule has 31 heavy (non-hydrogen) atoms. The second-order valence-corrected chi connectivity index (χ2v) is 9.80. The Morgan fingerprint density at radius 1 is 1.29 bits per heavy atom. The molecule has 2 fully saturated rings. The van der Waals surface area contributed by atoms with Crippen LogP contribution < -0.4 is 5.32 Å². The second-order valence-electron chi connectivity index (χ2n) is 9.80. The standard InChI is InChI=1S/C23H40N6O2/c1-6-24-21(25-12-9-19-15-26-27(5)16-19)28-13-10-20(11-14-28)29(17-18-7-8-18)22(30)31-23(2,3)4/h15-16,18,20H,6-14,17H2,1-5H3,(H,24,25). The van der Waals surface area contributed by atoms with Gasteiger partial charge in [-0.1, -0.05) is 0 Å². The fourth-order valence-corrected chi connectivity index (χ4v) is 3.98. The maximum absolute atomic E-state index is 12.9. The van der Waals surface area contributed by atoms with Gasteiger partial charge in [-0.3, -0.25) is 9.67 Å². The van der Waals surface area contributed by atoms with Gasteiger partial charge in [0.25, 0.3) is 0 Å². The third-order valence-electron chi connectivity index (χ3n) is 5.74. The molecule has 2 aliphatic rings. The second kappa shape index (κ2) is 10.4. The Balaban J connectivity index is 1.56. The first kappa shape index (κ1) is 23.4. The van der Waals surface area contributed by atoms with Crippen LogP contribution in [0.15, 0.2) is 17.4 Å². The topological polar surface area (TPSA) is 75.0 Å². The monoisotopic (exact) mass is 432 g/mol. The lowest BCUT2D eigenvalue weighted by atomic mass is 10.0. The molecule has 1 aromatic rings. The predicted octanol–water partition coefficient (Wildman–Crippen LogP) is 3.04. The van der Waals surface area contributed by atoms with E-state index < -0.39 is 5.60 Å². The summed E-state index contributed by atoms with van der Waals surface area (Å²) < 4.78 is 7.55. The number of nitrogens with zero attached hydrogens (tertiary/aromatic N) is 5. The van der Waals surface area contributed by atoms with Gasteiger partial charge < -0.3 is 19.9 Å². The van der Waals surface area contributed by atoms with Crippen LogP contribution in [0.2, 0.25) is 0 Å². The van der Waals surface area contributed by atoms with E-state index in [0.29, 0.717) is 5.92 Å². The number of nitrogens with one attached hydrogen (secondary N) is 1. The molecule has 0 atom stereocenters. The molecule has 8 heteroatoms. The molecule has 1 aliphatic carbocycles. The van der Waals surface area contributed by atoms with Crippen molar-refractivity contribution >= 4 is 12.1 Å². The van der Waals surface area contributed by atoms with Crippen molar-refractivity contribution in [1.82, 2.24) is 24.9 Å². The Bertz CT molecular complexity index is 741. The normalized spacial score (nSPS) is 18.2. The molecule has 8 nitrogen and oxygen atoms in total. The van der Waals surface area contributed by atoms with Crippen molar-refractivity contribution in [2.45, 2.75) is 71.4 Å². The van der Waals surface area contributed by atoms with Gasteiger partial charge in [0.15, 0.2) is 5.96 Å². The summed E-state index contributed by atoms with van der Waals surface area (Å²) in [5.74, 6) is 1.62. The van der Waals surface area contributed by atoms with Gasteiger partial charge in [0.1, 0.15) is 5.60 Å². The summed E-state index contributed by atoms with van der Waals surface area (Å²) in [7, 11) is 1.94. The smallest absolute Gasteiger partial charge is 0.410 e. The maximum atomic E-state index is 12.9. The molecular weight excluding hydrogens is 392 g/mol. The number of hydrogen-bond acceptors (Lipinski definition) is 4. The first-order valence-electron chi connectivity index (χ1n) is 11.8. The zero-order valence-corrected chi connectivity index (χ0v) is 19.9. The minimum Gasteiger partial charge on any atom is -0.444 e. The summed E-state index contributed by atoms with van der Waals surface area (Å²) in [6, 6.07) is 0.241. The first-order valence-corrected chi connectivity index (χ1v) is 11.8. The Morgan fingerprint density at radius 2 is 2.00 bits per heavy atom. The number of carbonyl (C=O) groups is 1. The number of likely N-dealkylation sites (tertiary alicyclic amines) is 1. The first-order chi connectivity index (χ1) is 14.7. The van der Waals surface area contributed by atoms with E-state index in [1.807, 2.05) is 49.8 Å². The van der Waals surface area contributed by atoms with Gasteiger partial charge in [-0.15, -0.1) is 0 Å². The van der Waals surface area contributed by atoms with Gasteiger partial charge >= 0.3 is 6.09 Å². The van der Waals surface area contributed by atoms with Crippen LogP contribution in [-0.4, -0.2) is 76.0 Å². The number of carbonyl (C=O) groups excluding carboxylic acids is 1. The van der Waals surface area contributed by atoms with Crippen molar-refractivity contribution in [3.8, 4) is 0 Å². The molecule has 1 saturated heterocycles. The maximum Gasteiger partial charge on any atom is 0.410 e. The van der Waals surface area contributed by atoms with Gasteiger partial charge in [0, 0.05) is 52.0 Å². The third kappa shape index (κ3) is 7.43. The quantitative estimate of drug-likeness (QED) is 0.529. The van der Waals surface area contributed by atoms with Crippen LogP contribution in [0.5, 0.6) is 0 Å². The third-order valence-corrected chi connectivity index (χ3v) is 5.74. The molecule has 1 aromatic heterocycles. The number of aliphatic imine (C=N–C) groups is 1. The number of ether oxygens (including phenoxy) is 1. The number of aryl methyl sites for hydroxylation is 1. The van der Waals surface area contributed by atoms with Crippen molar-refractivity contribution in [3.05, 3.63) is 18.0 Å². The van der Waals surface area contributed by atoms with Crippen molar-refractivity contribution in [3.63, 3.8) is 0 Å². The number of aromatic nitrogens is 2. The fourth-order valence-electron chi connectivity index (χ4n) is 3.98. The summed E-state index contributed by atoms with van der Waals surface area (Å²) >= 11 is 0. The van der Waals surface area contributed by atoms with Crippen molar-refractivity contribution in [2.24, 2.45) is 18.0 Å². The lowest BCUT2D eigenvalue weighted by molar-refractivity contribution is 0.00928. The van der Waals surface area contributed by atoms with Gasteiger partial charge in [-0.2, -0.15) is 5.10 Å². The molecular formula is C23H40N6O2. The van der Waals surface area contributed by atoms with Gasteiger partial charge in [0.2, 0.25) is 0 Å². The highest BCUT2D eigenvalue weighted by molar-refractivity contribution is 5.80. The average molecular weight is 433 g/mol. The molecule has 0 unspecified atom stereocenters. The van der Waals surface area contributed by atoms with Crippen LogP contribution in [0.3, 0.4) is 0 Å². The summed E-state index contributed by atoms with van der Waals surface area (Å²) in [4.78, 5) is 22.0. The Labute approximate surface area is 187 Å². The van der Waals surface area contributed by atoms with Gasteiger partial charge in [-0.05, 0) is 71.3 Å². The zero-order chi connectivity index (χ0) is 22.4. The zero-order valence-electron chi connectivity index (χ0n) is 19.9. The fraction of sp³-hybridized carbons (Fsp3) is 0.783. The molecule has 1 aliphatic heterocycles. The van der Waals surface area contributed by atoms with Crippen LogP contribution in [0.25, 0.3) is 0 Å². The highest BCUT2D eigenvalue weighted by Gasteiger charge is 2.35. The van der Waals surface area contributed by atoms with E-state index in [4.69, 9.17) is 9.73 Å². The minimum atomic E-state index is -0.460. The molecule has 1 N–H and O–H groups in total. The Kier molecular flexibility index (Phi) is 7.84. The Morgan fingerprint density at radius 3 is 2.55 bits per heavy atom. The molecule has 0 aromatic carbocycles. The molecule has 0 radical (unpaired) electrons. The molecule has 1 saturated carbocycles. The Hall–Kier alpha value is -2.25. The highest BCUT2D eigenvalue weighted by Crippen LogP contribution is 2.32. The van der Waals surface area contributed by atoms with Crippen LogP contribution in [0, 0.1) is 5.92 Å². The molecule has 0 spiro atoms. The lowest BCUT2D eigenvalue weighted by Gasteiger charge is -2.40. The number of piperidine rings is 1. The molecule has 1 amide bonds. The van der Waals surface area contributed by atoms with E-state index in [9.17, 15) is 4.79 Å². The van der Waals surface area contributed by atoms with Crippen LogP contribution >= 0.6 is 0 Å². The number of amides is 1. The van der Waals surface area contributed by atoms with Crippen molar-refractivity contribution < 1.29 is 9.53 Å². The van der Waals surface area contributed by atoms with E-state index in [2.05, 4.69) is 22.2 Å². The summed E-state index contributed by atoms with van der Waals surface area (Å²) in [6.45, 7) is 12.1. The van der Waals surface area contributed by atoms with E-state index in [0.717, 1.165) is 57.9 Å².